The molecule has 0 spiro atoms. The van der Waals surface area contributed by atoms with Crippen molar-refractivity contribution in [1.29, 1.82) is 0 Å². The number of rotatable bonds is 11. The van der Waals surface area contributed by atoms with Crippen molar-refractivity contribution in [3.63, 3.8) is 0 Å². The topological polar surface area (TPSA) is 93.8 Å². The Kier molecular flexibility index (Phi) is 8.56. The highest BCUT2D eigenvalue weighted by molar-refractivity contribution is 5.77. The largest absolute Gasteiger partial charge is 0.497 e. The predicted molar refractivity (Wildman–Crippen MR) is 120 cm³/mol. The van der Waals surface area contributed by atoms with E-state index >= 15 is 0 Å². The van der Waals surface area contributed by atoms with Crippen molar-refractivity contribution in [3.8, 4) is 0 Å². The van der Waals surface area contributed by atoms with Crippen LogP contribution in [-0.4, -0.2) is 31.8 Å². The third-order valence-electron chi connectivity index (χ3n) is 4.56. The molecule has 0 aliphatic rings. The Bertz CT molecular complexity index is 916. The summed E-state index contributed by atoms with van der Waals surface area (Å²) < 4.78 is 10.6. The third-order valence-corrected chi connectivity index (χ3v) is 4.56. The highest BCUT2D eigenvalue weighted by Gasteiger charge is 2.10. The van der Waals surface area contributed by atoms with Crippen LogP contribution in [0.1, 0.15) is 17.5 Å². The molecule has 2 rings (SSSR count). The number of anilines is 1. The van der Waals surface area contributed by atoms with E-state index in [2.05, 4.69) is 11.9 Å². The molecule has 0 aliphatic carbocycles. The van der Waals surface area contributed by atoms with Gasteiger partial charge < -0.3 is 25.6 Å². The second-order valence-electron chi connectivity index (χ2n) is 6.59. The average Bonchev–Trinajstić information content (AvgIpc) is 2.78. The Morgan fingerprint density at radius 2 is 1.77 bits per heavy atom. The molecule has 0 amide bonds. The number of aliphatic carboxylic acids is 1. The molecule has 6 nitrogen and oxygen atoms in total. The number of carboxylic acids is 1. The van der Waals surface area contributed by atoms with E-state index in [1.807, 2.05) is 60.7 Å². The Hall–Kier alpha value is -3.67. The second kappa shape index (κ2) is 11.4. The zero-order valence-electron chi connectivity index (χ0n) is 17.4. The Morgan fingerprint density at radius 3 is 2.33 bits per heavy atom. The first-order chi connectivity index (χ1) is 14.4. The fourth-order valence-electron chi connectivity index (χ4n) is 2.80. The summed E-state index contributed by atoms with van der Waals surface area (Å²) in [4.78, 5) is 10.7. The second-order valence-corrected chi connectivity index (χ2v) is 6.59. The molecule has 0 atom stereocenters. The summed E-state index contributed by atoms with van der Waals surface area (Å²) in [6.07, 6.45) is 2.51. The van der Waals surface area contributed by atoms with Crippen LogP contribution in [0.3, 0.4) is 0 Å². The van der Waals surface area contributed by atoms with Gasteiger partial charge in [0.15, 0.2) is 5.88 Å². The Balaban J connectivity index is 2.21. The van der Waals surface area contributed by atoms with Crippen LogP contribution in [-0.2, 0) is 20.7 Å². The van der Waals surface area contributed by atoms with E-state index < -0.39 is 5.97 Å². The molecule has 0 saturated heterocycles. The average molecular weight is 408 g/mol. The number of nitrogens with one attached hydrogen (secondary N) is 1. The van der Waals surface area contributed by atoms with E-state index in [1.165, 1.54) is 7.11 Å². The first-order valence-corrected chi connectivity index (χ1v) is 9.52. The van der Waals surface area contributed by atoms with Crippen LogP contribution in [0.2, 0.25) is 0 Å². The number of hydrogen-bond acceptors (Lipinski definition) is 5. The van der Waals surface area contributed by atoms with Crippen molar-refractivity contribution in [1.82, 2.24) is 0 Å². The van der Waals surface area contributed by atoms with Gasteiger partial charge in [0.25, 0.3) is 0 Å². The molecule has 2 aromatic carbocycles. The van der Waals surface area contributed by atoms with Crippen LogP contribution in [0.25, 0.3) is 5.57 Å². The fraction of sp³-hybridized carbons (Fsp3) is 0.208. The molecule has 0 radical (unpaired) electrons. The van der Waals surface area contributed by atoms with Crippen LogP contribution in [0.5, 0.6) is 0 Å². The predicted octanol–water partition coefficient (Wildman–Crippen LogP) is 4.18. The standard InChI is InChI=1S/C24H28N2O4/c1-17(29-2)20(15-22(24(25)30-3)19-7-5-4-6-8-19)16-26-21-12-9-18(10-13-21)11-14-23(27)28/h4-10,12-13,15,26H,1,11,14,16,25H2,2-3H3,(H,27,28)/b20-15-,24-22-. The summed E-state index contributed by atoms with van der Waals surface area (Å²) in [7, 11) is 3.10. The van der Waals surface area contributed by atoms with Crippen LogP contribution < -0.4 is 11.1 Å². The lowest BCUT2D eigenvalue weighted by Crippen LogP contribution is -2.10. The normalized spacial score (nSPS) is 12.0. The number of carboxylic acid groups (broad SMARTS) is 1. The zero-order chi connectivity index (χ0) is 21.9. The van der Waals surface area contributed by atoms with Gasteiger partial charge in [-0.05, 0) is 35.8 Å². The Labute approximate surface area is 177 Å². The molecule has 158 valence electrons. The highest BCUT2D eigenvalue weighted by Crippen LogP contribution is 2.23. The molecule has 6 heteroatoms. The number of benzene rings is 2. The monoisotopic (exact) mass is 408 g/mol. The molecule has 0 unspecified atom stereocenters. The van der Waals surface area contributed by atoms with Gasteiger partial charge in [0.2, 0.25) is 0 Å². The van der Waals surface area contributed by atoms with Crippen molar-refractivity contribution < 1.29 is 19.4 Å². The van der Waals surface area contributed by atoms with Gasteiger partial charge in [0, 0.05) is 29.8 Å². The Morgan fingerprint density at radius 1 is 1.10 bits per heavy atom. The van der Waals surface area contributed by atoms with Gasteiger partial charge in [-0.3, -0.25) is 4.79 Å². The maximum atomic E-state index is 10.7. The lowest BCUT2D eigenvalue weighted by Gasteiger charge is -2.15. The van der Waals surface area contributed by atoms with Gasteiger partial charge in [0.05, 0.1) is 14.2 Å². The number of ether oxygens (including phenoxy) is 2. The van der Waals surface area contributed by atoms with E-state index in [0.29, 0.717) is 24.6 Å². The van der Waals surface area contributed by atoms with E-state index in [-0.39, 0.29) is 6.42 Å². The lowest BCUT2D eigenvalue weighted by molar-refractivity contribution is -0.136. The van der Waals surface area contributed by atoms with Crippen LogP contribution in [0.4, 0.5) is 5.69 Å². The van der Waals surface area contributed by atoms with Gasteiger partial charge in [-0.1, -0.05) is 49.0 Å². The number of allylic oxidation sites excluding steroid dienone is 2. The van der Waals surface area contributed by atoms with Crippen molar-refractivity contribution in [2.75, 3.05) is 26.1 Å². The van der Waals surface area contributed by atoms with Gasteiger partial charge in [-0.2, -0.15) is 0 Å². The summed E-state index contributed by atoms with van der Waals surface area (Å²) in [5, 5.41) is 12.1. The van der Waals surface area contributed by atoms with Crippen molar-refractivity contribution in [2.24, 2.45) is 5.73 Å². The summed E-state index contributed by atoms with van der Waals surface area (Å²) in [6, 6.07) is 17.4. The number of carbonyl (C=O) groups is 1. The van der Waals surface area contributed by atoms with Gasteiger partial charge >= 0.3 is 5.97 Å². The van der Waals surface area contributed by atoms with Crippen LogP contribution in [0.15, 0.2) is 84.5 Å². The lowest BCUT2D eigenvalue weighted by atomic mass is 10.0. The van der Waals surface area contributed by atoms with Gasteiger partial charge in [0.1, 0.15) is 5.76 Å². The van der Waals surface area contributed by atoms with Crippen molar-refractivity contribution >= 4 is 17.2 Å². The quantitative estimate of drug-likeness (QED) is 0.382. The molecule has 0 fully saturated rings. The molecule has 0 heterocycles. The minimum atomic E-state index is -0.803. The first-order valence-electron chi connectivity index (χ1n) is 9.52. The van der Waals surface area contributed by atoms with Crippen molar-refractivity contribution in [2.45, 2.75) is 12.8 Å². The number of methoxy groups -OCH3 is 2. The molecule has 2 aromatic rings. The number of nitrogens with two attached hydrogens (primary N) is 1. The van der Waals surface area contributed by atoms with E-state index in [9.17, 15) is 4.79 Å². The maximum absolute atomic E-state index is 10.7. The minimum Gasteiger partial charge on any atom is -0.497 e. The van der Waals surface area contributed by atoms with Crippen molar-refractivity contribution in [3.05, 3.63) is 95.6 Å². The zero-order valence-corrected chi connectivity index (χ0v) is 17.4. The molecule has 0 saturated carbocycles. The smallest absolute Gasteiger partial charge is 0.303 e. The fourth-order valence-corrected chi connectivity index (χ4v) is 2.80. The van der Waals surface area contributed by atoms with Gasteiger partial charge in [-0.25, -0.2) is 0 Å². The molecular weight excluding hydrogens is 380 g/mol. The molecule has 0 aliphatic heterocycles. The SMILES string of the molecule is C=C(OC)/C(=C\C(=C(/N)OC)c1ccccc1)CNc1ccc(CCC(=O)O)cc1. The van der Waals surface area contributed by atoms with Crippen LogP contribution in [0, 0.1) is 0 Å². The highest BCUT2D eigenvalue weighted by atomic mass is 16.5. The summed E-state index contributed by atoms with van der Waals surface area (Å²) in [5.41, 5.74) is 10.4. The molecule has 0 aromatic heterocycles. The summed E-state index contributed by atoms with van der Waals surface area (Å²) in [5.74, 6) is 0.00552. The first kappa shape index (κ1) is 22.6. The minimum absolute atomic E-state index is 0.114. The summed E-state index contributed by atoms with van der Waals surface area (Å²) in [6.45, 7) is 4.44. The van der Waals surface area contributed by atoms with E-state index in [0.717, 1.165) is 28.0 Å². The number of hydrogen-bond donors (Lipinski definition) is 3. The van der Waals surface area contributed by atoms with E-state index in [4.69, 9.17) is 20.3 Å². The molecular formula is C24H28N2O4. The molecule has 30 heavy (non-hydrogen) atoms. The maximum Gasteiger partial charge on any atom is 0.303 e. The molecule has 4 N–H and O–H groups in total. The number of aryl methyl sites for hydroxylation is 1. The molecule has 0 bridgehead atoms. The van der Waals surface area contributed by atoms with Gasteiger partial charge in [-0.15, -0.1) is 0 Å². The van der Waals surface area contributed by atoms with E-state index in [1.54, 1.807) is 7.11 Å². The third kappa shape index (κ3) is 6.74. The van der Waals surface area contributed by atoms with Crippen LogP contribution >= 0.6 is 0 Å². The summed E-state index contributed by atoms with van der Waals surface area (Å²) >= 11 is 0.